The molecule has 1 aromatic rings. The lowest BCUT2D eigenvalue weighted by molar-refractivity contribution is -0.109. The van der Waals surface area contributed by atoms with Crippen molar-refractivity contribution in [2.45, 2.75) is 32.2 Å². The quantitative estimate of drug-likeness (QED) is 0.342. The molecule has 0 aliphatic carbocycles. The van der Waals surface area contributed by atoms with E-state index in [2.05, 4.69) is 16.9 Å². The number of pyridine rings is 1. The molecule has 0 fully saturated rings. The van der Waals surface area contributed by atoms with Crippen molar-refractivity contribution in [3.63, 3.8) is 0 Å². The van der Waals surface area contributed by atoms with Crippen LogP contribution in [-0.4, -0.2) is 17.9 Å². The van der Waals surface area contributed by atoms with Crippen LogP contribution in [0.4, 0.5) is 5.82 Å². The second-order valence-corrected chi connectivity index (χ2v) is 4.85. The summed E-state index contributed by atoms with van der Waals surface area (Å²) in [6.07, 6.45) is 8.13. The minimum Gasteiger partial charge on any atom is -0.383 e. The molecule has 0 spiro atoms. The number of hydrogen-bond acceptors (Lipinski definition) is 4. The number of anilines is 1. The van der Waals surface area contributed by atoms with Gasteiger partial charge in [0.2, 0.25) is 6.41 Å². The van der Waals surface area contributed by atoms with Crippen molar-refractivity contribution >= 4 is 12.2 Å². The molecule has 20 heavy (non-hydrogen) atoms. The number of carbonyl (C=O) groups is 1. The molecular weight excluding hydrogens is 252 g/mol. The molecule has 1 aromatic heterocycles. The van der Waals surface area contributed by atoms with Crippen molar-refractivity contribution in [1.29, 1.82) is 0 Å². The van der Waals surface area contributed by atoms with E-state index in [4.69, 9.17) is 11.5 Å². The first-order valence-corrected chi connectivity index (χ1v) is 6.93. The molecule has 0 saturated carbocycles. The molecule has 110 valence electrons. The number of nitrogens with two attached hydrogens (primary N) is 2. The van der Waals surface area contributed by atoms with E-state index in [0.29, 0.717) is 24.8 Å². The summed E-state index contributed by atoms with van der Waals surface area (Å²) in [5, 5.41) is 2.75. The largest absolute Gasteiger partial charge is 0.383 e. The van der Waals surface area contributed by atoms with E-state index >= 15 is 0 Å². The number of carbonyl (C=O) groups excluding carboxylic acids is 1. The second kappa shape index (κ2) is 9.09. The Balaban J connectivity index is 2.76. The number of unbranched alkanes of at least 4 members (excludes halogenated alkanes) is 1. The molecule has 5 heteroatoms. The molecule has 1 heterocycles. The summed E-state index contributed by atoms with van der Waals surface area (Å²) >= 11 is 0. The van der Waals surface area contributed by atoms with E-state index in [1.54, 1.807) is 6.20 Å². The standard InChI is InChI=1S/C15H24N4O/c1-2-3-4-5-12(10-18-11-20)8-14-13(9-16)6-7-19-15(14)17/h2,6-7,11-12H,1,3-5,8-10,16H2,(H2,17,19)(H,18,20)/t12-/m0/s1. The maximum atomic E-state index is 10.5. The molecule has 1 atom stereocenters. The lowest BCUT2D eigenvalue weighted by Gasteiger charge is -2.19. The van der Waals surface area contributed by atoms with Gasteiger partial charge in [-0.25, -0.2) is 4.98 Å². The highest BCUT2D eigenvalue weighted by molar-refractivity contribution is 5.46. The van der Waals surface area contributed by atoms with E-state index in [1.807, 2.05) is 12.1 Å². The summed E-state index contributed by atoms with van der Waals surface area (Å²) in [5.74, 6) is 0.865. The van der Waals surface area contributed by atoms with E-state index in [-0.39, 0.29) is 0 Å². The van der Waals surface area contributed by atoms with Crippen LogP contribution in [0.15, 0.2) is 24.9 Å². The Kier molecular flexibility index (Phi) is 7.35. The summed E-state index contributed by atoms with van der Waals surface area (Å²) in [4.78, 5) is 14.6. The minimum atomic E-state index is 0.331. The summed E-state index contributed by atoms with van der Waals surface area (Å²) in [6, 6.07) is 1.90. The molecule has 0 aliphatic heterocycles. The number of aromatic nitrogens is 1. The second-order valence-electron chi connectivity index (χ2n) is 4.85. The smallest absolute Gasteiger partial charge is 0.207 e. The Morgan fingerprint density at radius 1 is 1.50 bits per heavy atom. The highest BCUT2D eigenvalue weighted by Gasteiger charge is 2.14. The van der Waals surface area contributed by atoms with Gasteiger partial charge in [0.25, 0.3) is 0 Å². The van der Waals surface area contributed by atoms with Crippen LogP contribution in [0.5, 0.6) is 0 Å². The monoisotopic (exact) mass is 276 g/mol. The summed E-state index contributed by atoms with van der Waals surface area (Å²) in [7, 11) is 0. The number of rotatable bonds is 10. The summed E-state index contributed by atoms with van der Waals surface area (Å²) in [6.45, 7) is 4.81. The highest BCUT2D eigenvalue weighted by atomic mass is 16.1. The van der Waals surface area contributed by atoms with E-state index in [0.717, 1.165) is 43.2 Å². The van der Waals surface area contributed by atoms with Crippen LogP contribution in [0.3, 0.4) is 0 Å². The number of nitrogens with one attached hydrogen (secondary N) is 1. The third-order valence-corrected chi connectivity index (χ3v) is 3.41. The van der Waals surface area contributed by atoms with Gasteiger partial charge in [-0.05, 0) is 48.8 Å². The summed E-state index contributed by atoms with van der Waals surface area (Å²) < 4.78 is 0. The van der Waals surface area contributed by atoms with Crippen molar-refractivity contribution in [2.24, 2.45) is 11.7 Å². The van der Waals surface area contributed by atoms with Crippen molar-refractivity contribution in [3.05, 3.63) is 36.0 Å². The van der Waals surface area contributed by atoms with Gasteiger partial charge in [0.15, 0.2) is 0 Å². The number of nitrogen functional groups attached to an aromatic ring is 1. The Morgan fingerprint density at radius 2 is 2.30 bits per heavy atom. The number of amides is 1. The van der Waals surface area contributed by atoms with Gasteiger partial charge in [0.05, 0.1) is 0 Å². The van der Waals surface area contributed by atoms with Gasteiger partial charge in [0.1, 0.15) is 5.82 Å². The fourth-order valence-corrected chi connectivity index (χ4v) is 2.31. The van der Waals surface area contributed by atoms with Crippen LogP contribution in [0.1, 0.15) is 30.4 Å². The third-order valence-electron chi connectivity index (χ3n) is 3.41. The van der Waals surface area contributed by atoms with Crippen molar-refractivity contribution in [2.75, 3.05) is 12.3 Å². The number of hydrogen-bond donors (Lipinski definition) is 3. The molecule has 0 bridgehead atoms. The first-order chi connectivity index (χ1) is 9.72. The first kappa shape index (κ1) is 16.2. The molecule has 0 aliphatic rings. The van der Waals surface area contributed by atoms with Crippen LogP contribution in [0.2, 0.25) is 0 Å². The molecule has 0 unspecified atom stereocenters. The fraction of sp³-hybridized carbons (Fsp3) is 0.467. The molecule has 5 nitrogen and oxygen atoms in total. The number of nitrogens with zero attached hydrogens (tertiary/aromatic N) is 1. The minimum absolute atomic E-state index is 0.331. The Morgan fingerprint density at radius 3 is 2.95 bits per heavy atom. The first-order valence-electron chi connectivity index (χ1n) is 6.93. The van der Waals surface area contributed by atoms with Gasteiger partial charge in [0, 0.05) is 19.3 Å². The Labute approximate surface area is 120 Å². The molecule has 0 aromatic carbocycles. The lowest BCUT2D eigenvalue weighted by atomic mass is 9.92. The predicted molar refractivity (Wildman–Crippen MR) is 81.8 cm³/mol. The van der Waals surface area contributed by atoms with Gasteiger partial charge in [-0.3, -0.25) is 4.79 Å². The molecule has 0 radical (unpaired) electrons. The zero-order valence-electron chi connectivity index (χ0n) is 11.8. The zero-order chi connectivity index (χ0) is 14.8. The number of allylic oxidation sites excluding steroid dienone is 1. The van der Waals surface area contributed by atoms with Crippen LogP contribution in [-0.2, 0) is 17.8 Å². The summed E-state index contributed by atoms with van der Waals surface area (Å²) in [5.41, 5.74) is 13.7. The van der Waals surface area contributed by atoms with E-state index in [1.165, 1.54) is 0 Å². The average Bonchev–Trinajstić information content (AvgIpc) is 2.46. The van der Waals surface area contributed by atoms with Gasteiger partial charge >= 0.3 is 0 Å². The Bertz CT molecular complexity index is 434. The maximum absolute atomic E-state index is 10.5. The van der Waals surface area contributed by atoms with Crippen LogP contribution < -0.4 is 16.8 Å². The van der Waals surface area contributed by atoms with Crippen molar-refractivity contribution in [1.82, 2.24) is 10.3 Å². The molecule has 1 rings (SSSR count). The van der Waals surface area contributed by atoms with Crippen molar-refractivity contribution < 1.29 is 4.79 Å². The zero-order valence-corrected chi connectivity index (χ0v) is 11.8. The molecule has 5 N–H and O–H groups in total. The normalized spacial score (nSPS) is 11.8. The Hall–Kier alpha value is -1.88. The van der Waals surface area contributed by atoms with E-state index in [9.17, 15) is 4.79 Å². The molecular formula is C15H24N4O. The fourth-order valence-electron chi connectivity index (χ4n) is 2.31. The van der Waals surface area contributed by atoms with E-state index < -0.39 is 0 Å². The van der Waals surface area contributed by atoms with Crippen LogP contribution in [0.25, 0.3) is 0 Å². The van der Waals surface area contributed by atoms with Gasteiger partial charge in [-0.1, -0.05) is 6.08 Å². The SMILES string of the molecule is C=CCCC[C@H](CNC=O)Cc1c(CN)ccnc1N. The molecule has 1 amide bonds. The topological polar surface area (TPSA) is 94.0 Å². The average molecular weight is 276 g/mol. The molecule has 0 saturated heterocycles. The van der Waals surface area contributed by atoms with Crippen LogP contribution in [0, 0.1) is 5.92 Å². The lowest BCUT2D eigenvalue weighted by Crippen LogP contribution is -2.24. The van der Waals surface area contributed by atoms with Gasteiger partial charge in [-0.2, -0.15) is 0 Å². The third kappa shape index (κ3) is 5.01. The maximum Gasteiger partial charge on any atom is 0.207 e. The highest BCUT2D eigenvalue weighted by Crippen LogP contribution is 2.21. The predicted octanol–water partition coefficient (Wildman–Crippen LogP) is 1.38. The van der Waals surface area contributed by atoms with Gasteiger partial charge < -0.3 is 16.8 Å². The van der Waals surface area contributed by atoms with Crippen molar-refractivity contribution in [3.8, 4) is 0 Å². The van der Waals surface area contributed by atoms with Crippen LogP contribution >= 0.6 is 0 Å². The van der Waals surface area contributed by atoms with Gasteiger partial charge in [-0.15, -0.1) is 6.58 Å².